The number of nitrogens with zero attached hydrogens (tertiary/aromatic N) is 2. The molecule has 5 rings (SSSR count). The van der Waals surface area contributed by atoms with Gasteiger partial charge in [-0.05, 0) is 79.8 Å². The molecule has 5 nitrogen and oxygen atoms in total. The van der Waals surface area contributed by atoms with E-state index in [0.717, 1.165) is 24.8 Å². The highest BCUT2D eigenvalue weighted by atomic mass is 35.5. The molecule has 1 N–H and O–H groups in total. The van der Waals surface area contributed by atoms with E-state index in [1.165, 1.54) is 12.1 Å². The molecule has 1 saturated carbocycles. The third-order valence-electron chi connectivity index (χ3n) is 7.83. The minimum Gasteiger partial charge on any atom is -0.384 e. The molecule has 2 aliphatic rings. The maximum Gasteiger partial charge on any atom is 0.264 e. The normalized spacial score (nSPS) is 23.6. The van der Waals surface area contributed by atoms with Crippen molar-refractivity contribution in [3.8, 4) is 0 Å². The SMILES string of the molecule is O=S(=O)(c1ccc(Cl)cc1)N(c1ccccc1)C1CCN(C2CCCCC2(O)c2ccc(F)cc2)CC1. The molecule has 0 spiro atoms. The fraction of sp³-hybridized carbons (Fsp3) is 0.379. The van der Waals surface area contributed by atoms with Gasteiger partial charge in [0.25, 0.3) is 10.0 Å². The number of likely N-dealkylation sites (tertiary alicyclic amines) is 1. The first-order valence-corrected chi connectivity index (χ1v) is 14.7. The van der Waals surface area contributed by atoms with Crippen molar-refractivity contribution in [2.24, 2.45) is 0 Å². The Hall–Kier alpha value is -2.45. The molecule has 1 saturated heterocycles. The second kappa shape index (κ2) is 10.7. The van der Waals surface area contributed by atoms with Gasteiger partial charge in [0.05, 0.1) is 10.6 Å². The van der Waals surface area contributed by atoms with Gasteiger partial charge in [-0.3, -0.25) is 9.21 Å². The molecule has 2 fully saturated rings. The molecule has 196 valence electrons. The summed E-state index contributed by atoms with van der Waals surface area (Å²) < 4.78 is 42.8. The zero-order chi connectivity index (χ0) is 26.0. The Morgan fingerprint density at radius 2 is 1.54 bits per heavy atom. The monoisotopic (exact) mass is 542 g/mol. The summed E-state index contributed by atoms with van der Waals surface area (Å²) >= 11 is 6.02. The third kappa shape index (κ3) is 5.28. The Kier molecular flexibility index (Phi) is 7.59. The van der Waals surface area contributed by atoms with Crippen molar-refractivity contribution in [3.05, 3.63) is 95.3 Å². The van der Waals surface area contributed by atoms with Gasteiger partial charge < -0.3 is 5.11 Å². The van der Waals surface area contributed by atoms with Crippen LogP contribution in [0.15, 0.2) is 83.8 Å². The summed E-state index contributed by atoms with van der Waals surface area (Å²) in [6.07, 6.45) is 4.70. The lowest BCUT2D eigenvalue weighted by molar-refractivity contribution is -0.0849. The van der Waals surface area contributed by atoms with Crippen LogP contribution in [0.25, 0.3) is 0 Å². The summed E-state index contributed by atoms with van der Waals surface area (Å²) in [5.41, 5.74) is 0.334. The number of halogens is 2. The van der Waals surface area contributed by atoms with E-state index in [0.29, 0.717) is 43.1 Å². The molecule has 2 unspecified atom stereocenters. The van der Waals surface area contributed by atoms with E-state index in [2.05, 4.69) is 4.90 Å². The maximum absolute atomic E-state index is 13.8. The molecule has 8 heteroatoms. The van der Waals surface area contributed by atoms with E-state index in [1.54, 1.807) is 40.7 Å². The van der Waals surface area contributed by atoms with Gasteiger partial charge in [0.1, 0.15) is 11.4 Å². The lowest BCUT2D eigenvalue weighted by Crippen LogP contribution is -2.57. The number of hydrogen-bond donors (Lipinski definition) is 1. The quantitative estimate of drug-likeness (QED) is 0.417. The standard InChI is InChI=1S/C29H32ClFN2O3S/c30-23-11-15-27(16-12-23)37(35,36)33(25-6-2-1-3-7-25)26-17-20-32(21-18-26)28-8-4-5-19-29(28,34)22-9-13-24(31)14-10-22/h1-3,6-7,9-16,26,28,34H,4-5,8,17-21H2. The molecule has 37 heavy (non-hydrogen) atoms. The van der Waals surface area contributed by atoms with Crippen molar-refractivity contribution in [3.63, 3.8) is 0 Å². The van der Waals surface area contributed by atoms with E-state index < -0.39 is 15.6 Å². The number of sulfonamides is 1. The fourth-order valence-electron chi connectivity index (χ4n) is 5.97. The Labute approximate surface area is 223 Å². The zero-order valence-corrected chi connectivity index (χ0v) is 22.2. The van der Waals surface area contributed by atoms with Crippen LogP contribution >= 0.6 is 11.6 Å². The summed E-state index contributed by atoms with van der Waals surface area (Å²) in [4.78, 5) is 2.51. The third-order valence-corrected chi connectivity index (χ3v) is 9.98. The van der Waals surface area contributed by atoms with Gasteiger partial charge in [0.2, 0.25) is 0 Å². The number of hydrogen-bond acceptors (Lipinski definition) is 4. The van der Waals surface area contributed by atoms with E-state index in [4.69, 9.17) is 11.6 Å². The summed E-state index contributed by atoms with van der Waals surface area (Å²) in [5.74, 6) is -0.316. The number of benzene rings is 3. The van der Waals surface area contributed by atoms with Crippen LogP contribution in [0.4, 0.5) is 10.1 Å². The average molecular weight is 543 g/mol. The molecule has 1 heterocycles. The molecule has 0 amide bonds. The Bertz CT molecular complexity index is 1300. The molecule has 0 radical (unpaired) electrons. The molecule has 0 aromatic heterocycles. The van der Waals surface area contributed by atoms with Crippen LogP contribution in [0, 0.1) is 5.82 Å². The summed E-state index contributed by atoms with van der Waals surface area (Å²) in [5, 5.41) is 12.3. The first kappa shape index (κ1) is 26.2. The highest BCUT2D eigenvalue weighted by molar-refractivity contribution is 7.92. The number of piperidine rings is 1. The molecular formula is C29H32ClFN2O3S. The van der Waals surface area contributed by atoms with Crippen LogP contribution in [-0.2, 0) is 15.6 Å². The second-order valence-electron chi connectivity index (χ2n) is 10.1. The van der Waals surface area contributed by atoms with Crippen molar-refractivity contribution >= 4 is 27.3 Å². The predicted octanol–water partition coefficient (Wildman–Crippen LogP) is 5.97. The Balaban J connectivity index is 1.39. The Morgan fingerprint density at radius 3 is 2.19 bits per heavy atom. The highest BCUT2D eigenvalue weighted by Gasteiger charge is 2.45. The molecule has 0 bridgehead atoms. The minimum absolute atomic E-state index is 0.0919. The highest BCUT2D eigenvalue weighted by Crippen LogP contribution is 2.42. The lowest BCUT2D eigenvalue weighted by Gasteiger charge is -2.49. The number of anilines is 1. The molecule has 2 atom stereocenters. The number of aliphatic hydroxyl groups is 1. The van der Waals surface area contributed by atoms with Crippen LogP contribution in [0.3, 0.4) is 0 Å². The summed E-state index contributed by atoms with van der Waals surface area (Å²) in [6.45, 7) is 1.33. The van der Waals surface area contributed by atoms with E-state index >= 15 is 0 Å². The topological polar surface area (TPSA) is 60.9 Å². The summed E-state index contributed by atoms with van der Waals surface area (Å²) in [7, 11) is -3.81. The van der Waals surface area contributed by atoms with Crippen LogP contribution in [0.1, 0.15) is 44.1 Å². The van der Waals surface area contributed by atoms with Crippen LogP contribution < -0.4 is 4.31 Å². The van der Waals surface area contributed by atoms with Gasteiger partial charge in [0.15, 0.2) is 0 Å². The van der Waals surface area contributed by atoms with Crippen LogP contribution in [-0.4, -0.2) is 43.6 Å². The fourth-order valence-corrected chi connectivity index (χ4v) is 7.81. The zero-order valence-electron chi connectivity index (χ0n) is 20.6. The molecule has 3 aromatic carbocycles. The molecular weight excluding hydrogens is 511 g/mol. The Morgan fingerprint density at radius 1 is 0.892 bits per heavy atom. The van der Waals surface area contributed by atoms with E-state index in [-0.39, 0.29) is 22.8 Å². The largest absolute Gasteiger partial charge is 0.384 e. The maximum atomic E-state index is 13.8. The number of rotatable bonds is 6. The van der Waals surface area contributed by atoms with Gasteiger partial charge in [-0.1, -0.05) is 54.8 Å². The van der Waals surface area contributed by atoms with Gasteiger partial charge >= 0.3 is 0 Å². The van der Waals surface area contributed by atoms with Crippen molar-refractivity contribution in [2.45, 2.75) is 61.1 Å². The summed E-state index contributed by atoms with van der Waals surface area (Å²) in [6, 6.07) is 21.4. The first-order chi connectivity index (χ1) is 17.8. The van der Waals surface area contributed by atoms with Crippen molar-refractivity contribution in [1.82, 2.24) is 4.90 Å². The van der Waals surface area contributed by atoms with Crippen molar-refractivity contribution in [2.75, 3.05) is 17.4 Å². The van der Waals surface area contributed by atoms with Gasteiger partial charge in [-0.25, -0.2) is 12.8 Å². The molecule has 1 aliphatic carbocycles. The predicted molar refractivity (Wildman–Crippen MR) is 145 cm³/mol. The lowest BCUT2D eigenvalue weighted by atomic mass is 9.74. The smallest absolute Gasteiger partial charge is 0.264 e. The van der Waals surface area contributed by atoms with Crippen LogP contribution in [0.5, 0.6) is 0 Å². The van der Waals surface area contributed by atoms with Crippen LogP contribution in [0.2, 0.25) is 5.02 Å². The van der Waals surface area contributed by atoms with Gasteiger partial charge in [-0.15, -0.1) is 0 Å². The molecule has 3 aromatic rings. The van der Waals surface area contributed by atoms with Crippen molar-refractivity contribution < 1.29 is 17.9 Å². The van der Waals surface area contributed by atoms with Gasteiger partial charge in [-0.2, -0.15) is 0 Å². The molecule has 1 aliphatic heterocycles. The second-order valence-corrected chi connectivity index (χ2v) is 12.3. The first-order valence-electron chi connectivity index (χ1n) is 12.9. The minimum atomic E-state index is -3.81. The van der Waals surface area contributed by atoms with Crippen molar-refractivity contribution in [1.29, 1.82) is 0 Å². The van der Waals surface area contributed by atoms with E-state index in [1.807, 2.05) is 30.3 Å². The van der Waals surface area contributed by atoms with Gasteiger partial charge in [0, 0.05) is 30.2 Å². The van der Waals surface area contributed by atoms with E-state index in [9.17, 15) is 17.9 Å². The average Bonchev–Trinajstić information content (AvgIpc) is 2.91. The number of para-hydroxylation sites is 1.